The molecule has 150 valence electrons. The van der Waals surface area contributed by atoms with Crippen molar-refractivity contribution in [3.8, 4) is 5.75 Å². The lowest BCUT2D eigenvalue weighted by atomic mass is 10.1. The normalized spacial score (nSPS) is 12.3. The quantitative estimate of drug-likeness (QED) is 0.551. The summed E-state index contributed by atoms with van der Waals surface area (Å²) in [4.78, 5) is 9.30. The van der Waals surface area contributed by atoms with Gasteiger partial charge in [-0.25, -0.2) is 9.97 Å². The molecule has 0 radical (unpaired) electrons. The van der Waals surface area contributed by atoms with Crippen LogP contribution in [0.15, 0.2) is 36.5 Å². The van der Waals surface area contributed by atoms with Crippen LogP contribution < -0.4 is 10.1 Å². The zero-order valence-corrected chi connectivity index (χ0v) is 17.0. The van der Waals surface area contributed by atoms with Gasteiger partial charge in [-0.3, -0.25) is 0 Å². The van der Waals surface area contributed by atoms with Crippen molar-refractivity contribution in [3.05, 3.63) is 47.9 Å². The molecule has 2 heterocycles. The molecule has 6 nitrogen and oxygen atoms in total. The number of fused-ring (bicyclic) bond motifs is 1. The maximum Gasteiger partial charge on any atom is 0.154 e. The Bertz CT molecular complexity index is 907. The molecule has 0 fully saturated rings. The highest BCUT2D eigenvalue weighted by Gasteiger charge is 2.16. The molecule has 0 bridgehead atoms. The number of unbranched alkanes of at least 4 members (excludes halogenated alkanes) is 1. The molecule has 6 heteroatoms. The summed E-state index contributed by atoms with van der Waals surface area (Å²) in [5.41, 5.74) is 3.01. The van der Waals surface area contributed by atoms with E-state index in [-0.39, 0.29) is 12.6 Å². The number of methoxy groups -OCH3 is 1. The van der Waals surface area contributed by atoms with Gasteiger partial charge in [0.25, 0.3) is 0 Å². The van der Waals surface area contributed by atoms with Crippen LogP contribution >= 0.6 is 0 Å². The van der Waals surface area contributed by atoms with Crippen LogP contribution in [0.2, 0.25) is 0 Å². The highest BCUT2D eigenvalue weighted by atomic mass is 16.5. The van der Waals surface area contributed by atoms with Crippen molar-refractivity contribution in [3.63, 3.8) is 0 Å². The Morgan fingerprint density at radius 1 is 1.18 bits per heavy atom. The Morgan fingerprint density at radius 3 is 2.75 bits per heavy atom. The van der Waals surface area contributed by atoms with E-state index < -0.39 is 0 Å². The van der Waals surface area contributed by atoms with Gasteiger partial charge in [-0.2, -0.15) is 0 Å². The molecule has 28 heavy (non-hydrogen) atoms. The van der Waals surface area contributed by atoms with Gasteiger partial charge in [-0.05, 0) is 31.9 Å². The second kappa shape index (κ2) is 9.55. The first-order chi connectivity index (χ1) is 13.7. The Balaban J connectivity index is 1.97. The summed E-state index contributed by atoms with van der Waals surface area (Å²) in [6.07, 6.45) is 6.01. The van der Waals surface area contributed by atoms with E-state index in [0.717, 1.165) is 53.3 Å². The molecule has 0 amide bonds. The molecule has 1 atom stereocenters. The summed E-state index contributed by atoms with van der Waals surface area (Å²) < 4.78 is 7.67. The fourth-order valence-electron chi connectivity index (χ4n) is 3.56. The van der Waals surface area contributed by atoms with Gasteiger partial charge in [0.05, 0.1) is 19.2 Å². The second-order valence-corrected chi connectivity index (χ2v) is 7.10. The molecule has 2 aromatic heterocycles. The third kappa shape index (κ3) is 4.62. The molecular weight excluding hydrogens is 352 g/mol. The third-order valence-electron chi connectivity index (χ3n) is 4.98. The van der Waals surface area contributed by atoms with E-state index in [1.165, 1.54) is 0 Å². The molecule has 0 aliphatic rings. The maximum absolute atomic E-state index is 9.46. The summed E-state index contributed by atoms with van der Waals surface area (Å²) in [6, 6.07) is 10.3. The van der Waals surface area contributed by atoms with Crippen molar-refractivity contribution in [2.45, 2.75) is 52.1 Å². The van der Waals surface area contributed by atoms with E-state index in [2.05, 4.69) is 27.9 Å². The number of anilines is 1. The van der Waals surface area contributed by atoms with E-state index in [9.17, 15) is 5.11 Å². The number of ether oxygens (including phenoxy) is 1. The van der Waals surface area contributed by atoms with Gasteiger partial charge >= 0.3 is 0 Å². The number of hydrogen-bond acceptors (Lipinski definition) is 5. The number of nitrogens with one attached hydrogen (secondary N) is 1. The predicted molar refractivity (Wildman–Crippen MR) is 113 cm³/mol. The minimum absolute atomic E-state index is 0.164. The molecule has 0 saturated heterocycles. The van der Waals surface area contributed by atoms with Crippen molar-refractivity contribution in [1.29, 1.82) is 0 Å². The van der Waals surface area contributed by atoms with Crippen molar-refractivity contribution >= 4 is 16.9 Å². The monoisotopic (exact) mass is 382 g/mol. The van der Waals surface area contributed by atoms with Crippen LogP contribution in [-0.2, 0) is 6.54 Å². The number of hydrogen-bond donors (Lipinski definition) is 2. The molecule has 1 unspecified atom stereocenters. The minimum atomic E-state index is 0.164. The number of aryl methyl sites for hydroxylation is 1. The van der Waals surface area contributed by atoms with Gasteiger partial charge in [-0.1, -0.05) is 38.0 Å². The van der Waals surface area contributed by atoms with Crippen molar-refractivity contribution in [2.24, 2.45) is 0 Å². The molecule has 1 aromatic carbocycles. The molecule has 0 saturated carbocycles. The highest BCUT2D eigenvalue weighted by molar-refractivity contribution is 5.86. The van der Waals surface area contributed by atoms with Crippen molar-refractivity contribution in [2.75, 3.05) is 19.0 Å². The van der Waals surface area contributed by atoms with Crippen LogP contribution in [0.5, 0.6) is 5.75 Å². The molecule has 0 aliphatic carbocycles. The zero-order chi connectivity index (χ0) is 19.9. The van der Waals surface area contributed by atoms with Gasteiger partial charge in [0.15, 0.2) is 5.82 Å². The fourth-order valence-corrected chi connectivity index (χ4v) is 3.56. The number of benzene rings is 1. The third-order valence-corrected chi connectivity index (χ3v) is 4.98. The summed E-state index contributed by atoms with van der Waals surface area (Å²) in [6.45, 7) is 4.93. The van der Waals surface area contributed by atoms with Crippen molar-refractivity contribution < 1.29 is 9.84 Å². The van der Waals surface area contributed by atoms with E-state index >= 15 is 0 Å². The van der Waals surface area contributed by atoms with Crippen LogP contribution in [0.1, 0.15) is 44.0 Å². The maximum atomic E-state index is 9.46. The van der Waals surface area contributed by atoms with E-state index in [4.69, 9.17) is 9.72 Å². The molecule has 3 aromatic rings. The molecule has 0 aliphatic heterocycles. The van der Waals surface area contributed by atoms with Crippen LogP contribution in [0, 0.1) is 6.92 Å². The topological polar surface area (TPSA) is 72.2 Å². The Hall–Kier alpha value is -2.60. The number of aliphatic hydroxyl groups is 1. The number of aromatic nitrogens is 3. The van der Waals surface area contributed by atoms with E-state index in [1.54, 1.807) is 7.11 Å². The lowest BCUT2D eigenvalue weighted by molar-refractivity contribution is 0.276. The lowest BCUT2D eigenvalue weighted by Crippen LogP contribution is -2.22. The number of aliphatic hydroxyl groups excluding tert-OH is 1. The fraction of sp³-hybridized carbons (Fsp3) is 0.455. The van der Waals surface area contributed by atoms with E-state index in [0.29, 0.717) is 13.0 Å². The van der Waals surface area contributed by atoms with Crippen LogP contribution in [0.25, 0.3) is 11.0 Å². The molecule has 3 rings (SSSR count). The van der Waals surface area contributed by atoms with Gasteiger partial charge in [0.1, 0.15) is 17.1 Å². The van der Waals surface area contributed by atoms with Crippen molar-refractivity contribution in [1.82, 2.24) is 14.5 Å². The first kappa shape index (κ1) is 20.1. The van der Waals surface area contributed by atoms with Gasteiger partial charge in [0, 0.05) is 24.4 Å². The average molecular weight is 383 g/mol. The highest BCUT2D eigenvalue weighted by Crippen LogP contribution is 2.26. The van der Waals surface area contributed by atoms with Crippen LogP contribution in [0.3, 0.4) is 0 Å². The van der Waals surface area contributed by atoms with Crippen LogP contribution in [0.4, 0.5) is 5.82 Å². The smallest absolute Gasteiger partial charge is 0.154 e. The first-order valence-electron chi connectivity index (χ1n) is 9.99. The predicted octanol–water partition coefficient (Wildman–Crippen LogP) is 4.15. The SMILES string of the molecule is CCCCC(CCO)Nc1nc(C)nc2ccn(Cc3ccccc3OC)c12. The van der Waals surface area contributed by atoms with Gasteiger partial charge in [0.2, 0.25) is 0 Å². The summed E-state index contributed by atoms with van der Waals surface area (Å²) in [5.74, 6) is 2.44. The Kier molecular flexibility index (Phi) is 6.87. The Labute approximate surface area is 166 Å². The lowest BCUT2D eigenvalue weighted by Gasteiger charge is -2.20. The van der Waals surface area contributed by atoms with Gasteiger partial charge in [-0.15, -0.1) is 0 Å². The number of rotatable bonds is 10. The minimum Gasteiger partial charge on any atom is -0.496 e. The summed E-state index contributed by atoms with van der Waals surface area (Å²) >= 11 is 0. The first-order valence-corrected chi connectivity index (χ1v) is 9.99. The largest absolute Gasteiger partial charge is 0.496 e. The zero-order valence-electron chi connectivity index (χ0n) is 17.0. The van der Waals surface area contributed by atoms with Crippen LogP contribution in [-0.4, -0.2) is 39.4 Å². The summed E-state index contributed by atoms with van der Waals surface area (Å²) in [7, 11) is 1.69. The average Bonchev–Trinajstić information content (AvgIpc) is 3.09. The number of para-hydroxylation sites is 1. The molecule has 0 spiro atoms. The van der Waals surface area contributed by atoms with E-state index in [1.807, 2.05) is 37.4 Å². The standard InChI is InChI=1S/C22H30N4O2/c1-4-5-9-18(12-14-27)25-22-21-19(23-16(2)24-22)11-13-26(21)15-17-8-6-7-10-20(17)28-3/h6-8,10-11,13,18,27H,4-5,9,12,14-15H2,1-3H3,(H,23,24,25). The molecular formula is C22H30N4O2. The summed E-state index contributed by atoms with van der Waals surface area (Å²) in [5, 5.41) is 13.0. The second-order valence-electron chi connectivity index (χ2n) is 7.10. The van der Waals surface area contributed by atoms with Gasteiger partial charge < -0.3 is 19.7 Å². The Morgan fingerprint density at radius 2 is 2.00 bits per heavy atom. The number of nitrogens with zero attached hydrogens (tertiary/aromatic N) is 3. The molecule has 2 N–H and O–H groups in total.